The van der Waals surface area contributed by atoms with Crippen LogP contribution in [-0.2, 0) is 13.5 Å². The summed E-state index contributed by atoms with van der Waals surface area (Å²) in [5.74, 6) is -0.180. The van der Waals surface area contributed by atoms with Crippen molar-refractivity contribution in [2.24, 2.45) is 7.05 Å². The molecular formula is C10H11FN2. The van der Waals surface area contributed by atoms with Crippen LogP contribution >= 0.6 is 0 Å². The Morgan fingerprint density at radius 1 is 1.46 bits per heavy atom. The minimum atomic E-state index is -0.180. The standard InChI is InChI=1S/C10H11FN2/c1-3-7-4-5-8-6-13(2)12-10(8)9(7)11/h4-6H,3H2,1-2H3. The molecule has 0 saturated heterocycles. The Kier molecular flexibility index (Phi) is 1.79. The predicted molar refractivity (Wildman–Crippen MR) is 50.1 cm³/mol. The second-order valence-corrected chi connectivity index (χ2v) is 3.13. The molecule has 2 aromatic rings. The van der Waals surface area contributed by atoms with E-state index in [4.69, 9.17) is 0 Å². The molecule has 0 saturated carbocycles. The van der Waals surface area contributed by atoms with Gasteiger partial charge in [-0.1, -0.05) is 19.1 Å². The molecule has 3 heteroatoms. The van der Waals surface area contributed by atoms with Crippen molar-refractivity contribution >= 4 is 10.9 Å². The summed E-state index contributed by atoms with van der Waals surface area (Å²) in [6, 6.07) is 3.73. The Morgan fingerprint density at radius 2 is 2.23 bits per heavy atom. The van der Waals surface area contributed by atoms with Gasteiger partial charge in [-0.2, -0.15) is 5.10 Å². The Labute approximate surface area is 76.0 Å². The molecule has 0 amide bonds. The summed E-state index contributed by atoms with van der Waals surface area (Å²) >= 11 is 0. The van der Waals surface area contributed by atoms with Crippen LogP contribution in [0.4, 0.5) is 4.39 Å². The number of fused-ring (bicyclic) bond motifs is 1. The van der Waals surface area contributed by atoms with Crippen LogP contribution in [0.5, 0.6) is 0 Å². The summed E-state index contributed by atoms with van der Waals surface area (Å²) in [7, 11) is 1.80. The Bertz CT molecular complexity index is 445. The number of benzene rings is 1. The number of aryl methyl sites for hydroxylation is 2. The zero-order valence-electron chi connectivity index (χ0n) is 7.71. The summed E-state index contributed by atoms with van der Waals surface area (Å²) in [6.07, 6.45) is 2.52. The van der Waals surface area contributed by atoms with Crippen LogP contribution in [0.2, 0.25) is 0 Å². The second kappa shape index (κ2) is 2.83. The number of rotatable bonds is 1. The van der Waals surface area contributed by atoms with Gasteiger partial charge in [0.1, 0.15) is 5.52 Å². The van der Waals surface area contributed by atoms with Crippen LogP contribution < -0.4 is 0 Å². The Balaban J connectivity index is 2.78. The first-order valence-corrected chi connectivity index (χ1v) is 4.33. The number of nitrogens with zero attached hydrogens (tertiary/aromatic N) is 2. The van der Waals surface area contributed by atoms with E-state index in [0.717, 1.165) is 10.9 Å². The van der Waals surface area contributed by atoms with Gasteiger partial charge in [0.2, 0.25) is 0 Å². The fraction of sp³-hybridized carbons (Fsp3) is 0.300. The quantitative estimate of drug-likeness (QED) is 0.655. The van der Waals surface area contributed by atoms with Crippen LogP contribution in [0.3, 0.4) is 0 Å². The van der Waals surface area contributed by atoms with E-state index >= 15 is 0 Å². The summed E-state index contributed by atoms with van der Waals surface area (Å²) < 4.78 is 15.2. The van der Waals surface area contributed by atoms with Crippen molar-refractivity contribution in [3.63, 3.8) is 0 Å². The molecule has 68 valence electrons. The third-order valence-corrected chi connectivity index (χ3v) is 2.19. The molecule has 1 heterocycles. The molecule has 0 unspecified atom stereocenters. The SMILES string of the molecule is CCc1ccc2cn(C)nc2c1F. The predicted octanol–water partition coefficient (Wildman–Crippen LogP) is 2.27. The highest BCUT2D eigenvalue weighted by atomic mass is 19.1. The maximum atomic E-state index is 13.6. The summed E-state index contributed by atoms with van der Waals surface area (Å²) in [5.41, 5.74) is 1.20. The fourth-order valence-corrected chi connectivity index (χ4v) is 1.49. The van der Waals surface area contributed by atoms with E-state index < -0.39 is 0 Å². The lowest BCUT2D eigenvalue weighted by atomic mass is 10.1. The number of hydrogen-bond acceptors (Lipinski definition) is 1. The van der Waals surface area contributed by atoms with Gasteiger partial charge in [0.25, 0.3) is 0 Å². The number of aromatic nitrogens is 2. The van der Waals surface area contributed by atoms with Crippen molar-refractivity contribution in [3.8, 4) is 0 Å². The average molecular weight is 178 g/mol. The highest BCUT2D eigenvalue weighted by Gasteiger charge is 2.08. The molecule has 2 nitrogen and oxygen atoms in total. The lowest BCUT2D eigenvalue weighted by Crippen LogP contribution is -1.90. The van der Waals surface area contributed by atoms with Crippen LogP contribution in [0.25, 0.3) is 10.9 Å². The van der Waals surface area contributed by atoms with Gasteiger partial charge in [0.05, 0.1) is 0 Å². The van der Waals surface area contributed by atoms with Gasteiger partial charge in [0, 0.05) is 18.6 Å². The molecule has 0 N–H and O–H groups in total. The van der Waals surface area contributed by atoms with Crippen LogP contribution in [0.1, 0.15) is 12.5 Å². The summed E-state index contributed by atoms with van der Waals surface area (Å²) in [6.45, 7) is 1.94. The normalized spacial score (nSPS) is 11.0. The first-order chi connectivity index (χ1) is 6.22. The molecule has 0 atom stereocenters. The molecule has 0 radical (unpaired) electrons. The molecule has 1 aromatic carbocycles. The average Bonchev–Trinajstić information content (AvgIpc) is 2.47. The monoisotopic (exact) mass is 178 g/mol. The van der Waals surface area contributed by atoms with Crippen LogP contribution in [0.15, 0.2) is 18.3 Å². The molecule has 0 aliphatic heterocycles. The van der Waals surface area contributed by atoms with E-state index in [1.807, 2.05) is 25.3 Å². The van der Waals surface area contributed by atoms with Crippen molar-refractivity contribution in [3.05, 3.63) is 29.7 Å². The lowest BCUT2D eigenvalue weighted by molar-refractivity contribution is 0.617. The molecule has 0 spiro atoms. The minimum absolute atomic E-state index is 0.180. The zero-order valence-corrected chi connectivity index (χ0v) is 7.71. The molecule has 2 rings (SSSR count). The van der Waals surface area contributed by atoms with Gasteiger partial charge in [-0.05, 0) is 12.0 Å². The third-order valence-electron chi connectivity index (χ3n) is 2.19. The van der Waals surface area contributed by atoms with Crippen LogP contribution in [0, 0.1) is 5.82 Å². The van der Waals surface area contributed by atoms with E-state index in [0.29, 0.717) is 11.9 Å². The number of hydrogen-bond donors (Lipinski definition) is 0. The molecule has 0 fully saturated rings. The van der Waals surface area contributed by atoms with Gasteiger partial charge in [0.15, 0.2) is 5.82 Å². The lowest BCUT2D eigenvalue weighted by Gasteiger charge is -1.98. The minimum Gasteiger partial charge on any atom is -0.274 e. The van der Waals surface area contributed by atoms with E-state index in [2.05, 4.69) is 5.10 Å². The third kappa shape index (κ3) is 1.20. The van der Waals surface area contributed by atoms with Gasteiger partial charge < -0.3 is 0 Å². The topological polar surface area (TPSA) is 17.8 Å². The molecule has 0 aliphatic carbocycles. The van der Waals surface area contributed by atoms with E-state index in [9.17, 15) is 4.39 Å². The molecular weight excluding hydrogens is 167 g/mol. The molecule has 0 bridgehead atoms. The van der Waals surface area contributed by atoms with E-state index in [1.54, 1.807) is 11.7 Å². The van der Waals surface area contributed by atoms with Gasteiger partial charge in [-0.25, -0.2) is 4.39 Å². The van der Waals surface area contributed by atoms with Crippen LogP contribution in [-0.4, -0.2) is 9.78 Å². The van der Waals surface area contributed by atoms with Gasteiger partial charge in [-0.15, -0.1) is 0 Å². The van der Waals surface area contributed by atoms with Crippen molar-refractivity contribution in [2.75, 3.05) is 0 Å². The summed E-state index contributed by atoms with van der Waals surface area (Å²) in [4.78, 5) is 0. The molecule has 1 aromatic heterocycles. The van der Waals surface area contributed by atoms with Crippen molar-refractivity contribution in [2.45, 2.75) is 13.3 Å². The van der Waals surface area contributed by atoms with Gasteiger partial charge in [-0.3, -0.25) is 4.68 Å². The largest absolute Gasteiger partial charge is 0.274 e. The fourth-order valence-electron chi connectivity index (χ4n) is 1.49. The smallest absolute Gasteiger partial charge is 0.154 e. The first-order valence-electron chi connectivity index (χ1n) is 4.33. The van der Waals surface area contributed by atoms with Crippen molar-refractivity contribution in [1.29, 1.82) is 0 Å². The maximum absolute atomic E-state index is 13.6. The summed E-state index contributed by atoms with van der Waals surface area (Å²) in [5, 5.41) is 4.92. The van der Waals surface area contributed by atoms with Crippen molar-refractivity contribution < 1.29 is 4.39 Å². The highest BCUT2D eigenvalue weighted by molar-refractivity contribution is 5.79. The molecule has 13 heavy (non-hydrogen) atoms. The van der Waals surface area contributed by atoms with Gasteiger partial charge >= 0.3 is 0 Å². The zero-order chi connectivity index (χ0) is 9.42. The second-order valence-electron chi connectivity index (χ2n) is 3.13. The maximum Gasteiger partial charge on any atom is 0.154 e. The van der Waals surface area contributed by atoms with E-state index in [1.165, 1.54) is 0 Å². The Morgan fingerprint density at radius 3 is 2.92 bits per heavy atom. The molecule has 0 aliphatic rings. The first kappa shape index (κ1) is 8.23. The highest BCUT2D eigenvalue weighted by Crippen LogP contribution is 2.19. The number of halogens is 1. The Hall–Kier alpha value is -1.38. The van der Waals surface area contributed by atoms with E-state index in [-0.39, 0.29) is 5.82 Å². The van der Waals surface area contributed by atoms with Crippen molar-refractivity contribution in [1.82, 2.24) is 9.78 Å².